The summed E-state index contributed by atoms with van der Waals surface area (Å²) in [5, 5.41) is 8.56. The number of halogens is 1. The van der Waals surface area contributed by atoms with E-state index in [1.807, 2.05) is 23.9 Å². The molecule has 1 atom stereocenters. The van der Waals surface area contributed by atoms with Gasteiger partial charge in [0, 0.05) is 22.3 Å². The van der Waals surface area contributed by atoms with Crippen molar-refractivity contribution in [3.05, 3.63) is 28.6 Å². The molecule has 0 spiro atoms. The van der Waals surface area contributed by atoms with Crippen LogP contribution in [0.5, 0.6) is 0 Å². The number of thioether (sulfide) groups is 1. The lowest BCUT2D eigenvalue weighted by Gasteiger charge is -2.19. The molecule has 16 heavy (non-hydrogen) atoms. The van der Waals surface area contributed by atoms with Gasteiger partial charge in [-0.15, -0.1) is 10.2 Å². The van der Waals surface area contributed by atoms with Gasteiger partial charge in [-0.2, -0.15) is 11.8 Å². The molecule has 5 heteroatoms. The summed E-state index contributed by atoms with van der Waals surface area (Å²) in [6, 6.07) is 4.00. The average molecular weight is 298 g/mol. The molecule has 0 N–H and O–H groups in total. The summed E-state index contributed by atoms with van der Waals surface area (Å²) in [5.41, 5.74) is 0.939. The quantitative estimate of drug-likeness (QED) is 0.810. The van der Waals surface area contributed by atoms with Gasteiger partial charge in [0.25, 0.3) is 0 Å². The van der Waals surface area contributed by atoms with Crippen LogP contribution in [0, 0.1) is 0 Å². The predicted molar refractivity (Wildman–Crippen MR) is 70.0 cm³/mol. The Labute approximate surface area is 107 Å². The molecule has 3 heterocycles. The molecule has 3 rings (SSSR count). The Morgan fingerprint density at radius 1 is 1.38 bits per heavy atom. The van der Waals surface area contributed by atoms with Crippen LogP contribution in [0.25, 0.3) is 5.65 Å². The molecular weight excluding hydrogens is 286 g/mol. The van der Waals surface area contributed by atoms with Crippen LogP contribution in [0.2, 0.25) is 0 Å². The van der Waals surface area contributed by atoms with Crippen LogP contribution in [0.15, 0.2) is 22.8 Å². The van der Waals surface area contributed by atoms with Crippen LogP contribution in [0.4, 0.5) is 0 Å². The summed E-state index contributed by atoms with van der Waals surface area (Å²) in [6.45, 7) is 0. The highest BCUT2D eigenvalue weighted by molar-refractivity contribution is 9.10. The van der Waals surface area contributed by atoms with Gasteiger partial charge in [0.05, 0.1) is 0 Å². The van der Waals surface area contributed by atoms with Gasteiger partial charge in [-0.1, -0.05) is 0 Å². The minimum atomic E-state index is 0.558. The summed E-state index contributed by atoms with van der Waals surface area (Å²) < 4.78 is 3.19. The Morgan fingerprint density at radius 2 is 2.31 bits per heavy atom. The first-order valence-corrected chi connectivity index (χ1v) is 7.37. The van der Waals surface area contributed by atoms with E-state index in [0.29, 0.717) is 5.92 Å². The first-order chi connectivity index (χ1) is 7.84. The smallest absolute Gasteiger partial charge is 0.160 e. The molecule has 3 nitrogen and oxygen atoms in total. The first-order valence-electron chi connectivity index (χ1n) is 5.42. The van der Waals surface area contributed by atoms with Crippen molar-refractivity contribution in [1.82, 2.24) is 14.6 Å². The molecule has 1 aliphatic heterocycles. The SMILES string of the molecule is Brc1ccc2nnc(C3CCCSC3)n2c1. The second kappa shape index (κ2) is 4.37. The van der Waals surface area contributed by atoms with E-state index >= 15 is 0 Å². The van der Waals surface area contributed by atoms with Crippen molar-refractivity contribution in [2.24, 2.45) is 0 Å². The predicted octanol–water partition coefficient (Wildman–Crippen LogP) is 3.10. The molecule has 1 aliphatic rings. The number of hydrogen-bond acceptors (Lipinski definition) is 3. The van der Waals surface area contributed by atoms with E-state index in [-0.39, 0.29) is 0 Å². The topological polar surface area (TPSA) is 30.2 Å². The molecular formula is C11H12BrN3S. The average Bonchev–Trinajstić information content (AvgIpc) is 2.73. The lowest BCUT2D eigenvalue weighted by molar-refractivity contribution is 0.616. The number of fused-ring (bicyclic) bond motifs is 1. The monoisotopic (exact) mass is 297 g/mol. The molecule has 0 bridgehead atoms. The van der Waals surface area contributed by atoms with Crippen LogP contribution in [0.3, 0.4) is 0 Å². The number of aromatic nitrogens is 3. The fourth-order valence-corrected chi connectivity index (χ4v) is 3.58. The molecule has 0 radical (unpaired) electrons. The molecule has 2 aromatic heterocycles. The molecule has 0 amide bonds. The molecule has 1 unspecified atom stereocenters. The van der Waals surface area contributed by atoms with Crippen LogP contribution in [-0.4, -0.2) is 26.1 Å². The highest BCUT2D eigenvalue weighted by Crippen LogP contribution is 2.30. The van der Waals surface area contributed by atoms with E-state index < -0.39 is 0 Å². The number of pyridine rings is 1. The number of rotatable bonds is 1. The Hall–Kier alpha value is -0.550. The molecule has 84 valence electrons. The van der Waals surface area contributed by atoms with Gasteiger partial charge in [0.2, 0.25) is 0 Å². The summed E-state index contributed by atoms with van der Waals surface area (Å²) in [6.07, 6.45) is 4.59. The fraction of sp³-hybridized carbons (Fsp3) is 0.455. The maximum Gasteiger partial charge on any atom is 0.160 e. The molecule has 1 saturated heterocycles. The van der Waals surface area contributed by atoms with E-state index in [2.05, 4.69) is 36.7 Å². The normalized spacial score (nSPS) is 21.4. The summed E-state index contributed by atoms with van der Waals surface area (Å²) in [7, 11) is 0. The van der Waals surface area contributed by atoms with Gasteiger partial charge in [-0.3, -0.25) is 4.40 Å². The van der Waals surface area contributed by atoms with Crippen molar-refractivity contribution in [2.45, 2.75) is 18.8 Å². The maximum atomic E-state index is 4.34. The number of nitrogens with zero attached hydrogens (tertiary/aromatic N) is 3. The highest BCUT2D eigenvalue weighted by Gasteiger charge is 2.20. The third-order valence-electron chi connectivity index (χ3n) is 2.92. The Kier molecular flexibility index (Phi) is 2.90. The van der Waals surface area contributed by atoms with E-state index in [1.165, 1.54) is 24.3 Å². The summed E-state index contributed by atoms with van der Waals surface area (Å²) in [5.74, 6) is 4.14. The zero-order chi connectivity index (χ0) is 11.0. The minimum absolute atomic E-state index is 0.558. The van der Waals surface area contributed by atoms with Crippen molar-refractivity contribution in [3.63, 3.8) is 0 Å². The van der Waals surface area contributed by atoms with Gasteiger partial charge < -0.3 is 0 Å². The van der Waals surface area contributed by atoms with E-state index in [9.17, 15) is 0 Å². The van der Waals surface area contributed by atoms with Crippen molar-refractivity contribution in [3.8, 4) is 0 Å². The van der Waals surface area contributed by atoms with Crippen molar-refractivity contribution < 1.29 is 0 Å². The second-order valence-corrected chi connectivity index (χ2v) is 6.11. The standard InChI is InChI=1S/C11H12BrN3S/c12-9-3-4-10-13-14-11(15(10)6-9)8-2-1-5-16-7-8/h3-4,6,8H,1-2,5,7H2. The van der Waals surface area contributed by atoms with Gasteiger partial charge >= 0.3 is 0 Å². The number of hydrogen-bond donors (Lipinski definition) is 0. The third-order valence-corrected chi connectivity index (χ3v) is 4.60. The lowest BCUT2D eigenvalue weighted by Crippen LogP contribution is -2.12. The second-order valence-electron chi connectivity index (χ2n) is 4.05. The molecule has 2 aromatic rings. The summed E-state index contributed by atoms with van der Waals surface area (Å²) in [4.78, 5) is 0. The first kappa shape index (κ1) is 10.6. The molecule has 1 fully saturated rings. The van der Waals surface area contributed by atoms with Gasteiger partial charge in [-0.25, -0.2) is 0 Å². The minimum Gasteiger partial charge on any atom is -0.285 e. The van der Waals surface area contributed by atoms with Gasteiger partial charge in [-0.05, 0) is 46.7 Å². The molecule has 0 aliphatic carbocycles. The van der Waals surface area contributed by atoms with E-state index in [4.69, 9.17) is 0 Å². The zero-order valence-corrected chi connectivity index (χ0v) is 11.2. The maximum absolute atomic E-state index is 4.34. The van der Waals surface area contributed by atoms with Crippen LogP contribution < -0.4 is 0 Å². The molecule has 0 aromatic carbocycles. The van der Waals surface area contributed by atoms with E-state index in [1.54, 1.807) is 0 Å². The van der Waals surface area contributed by atoms with Gasteiger partial charge in [0.1, 0.15) is 5.82 Å². The van der Waals surface area contributed by atoms with Crippen LogP contribution in [0.1, 0.15) is 24.6 Å². The Balaban J connectivity index is 2.05. The van der Waals surface area contributed by atoms with Crippen molar-refractivity contribution >= 4 is 33.3 Å². The fourth-order valence-electron chi connectivity index (χ4n) is 2.11. The van der Waals surface area contributed by atoms with Gasteiger partial charge in [0.15, 0.2) is 5.65 Å². The Morgan fingerprint density at radius 3 is 3.12 bits per heavy atom. The third kappa shape index (κ3) is 1.86. The van der Waals surface area contributed by atoms with Crippen molar-refractivity contribution in [1.29, 1.82) is 0 Å². The van der Waals surface area contributed by atoms with Crippen LogP contribution >= 0.6 is 27.7 Å². The van der Waals surface area contributed by atoms with Crippen molar-refractivity contribution in [2.75, 3.05) is 11.5 Å². The van der Waals surface area contributed by atoms with Crippen LogP contribution in [-0.2, 0) is 0 Å². The Bertz CT molecular complexity index is 505. The largest absolute Gasteiger partial charge is 0.285 e. The zero-order valence-electron chi connectivity index (χ0n) is 8.77. The van der Waals surface area contributed by atoms with E-state index in [0.717, 1.165) is 15.9 Å². The highest BCUT2D eigenvalue weighted by atomic mass is 79.9. The molecule has 0 saturated carbocycles. The summed E-state index contributed by atoms with van der Waals surface area (Å²) >= 11 is 5.51. The lowest BCUT2D eigenvalue weighted by atomic mass is 10.1.